The van der Waals surface area contributed by atoms with Crippen molar-refractivity contribution in [2.75, 3.05) is 6.61 Å². The van der Waals surface area contributed by atoms with Gasteiger partial charge >= 0.3 is 5.97 Å². The van der Waals surface area contributed by atoms with Crippen molar-refractivity contribution < 1.29 is 19.0 Å². The summed E-state index contributed by atoms with van der Waals surface area (Å²) in [5.41, 5.74) is -1.14. The molecule has 0 saturated carbocycles. The van der Waals surface area contributed by atoms with Crippen LogP contribution in [-0.4, -0.2) is 22.7 Å². The Balaban J connectivity index is 3.15. The molecule has 0 aromatic carbocycles. The third kappa shape index (κ3) is 3.54. The normalized spacial score (nSPS) is 15.4. The van der Waals surface area contributed by atoms with E-state index in [0.717, 1.165) is 12.6 Å². The van der Waals surface area contributed by atoms with Gasteiger partial charge in [-0.05, 0) is 31.9 Å². The summed E-state index contributed by atoms with van der Waals surface area (Å²) in [6.45, 7) is 5.69. The summed E-state index contributed by atoms with van der Waals surface area (Å²) < 4.78 is 18.0. The SMILES string of the molecule is CCCC(C(=O)OCC)C(O)(CC)c1ccc(F)cn1. The van der Waals surface area contributed by atoms with Crippen molar-refractivity contribution >= 4 is 5.97 Å². The number of pyridine rings is 1. The second-order valence-corrected chi connectivity index (χ2v) is 4.73. The number of aliphatic hydroxyl groups is 1. The first-order chi connectivity index (χ1) is 9.49. The van der Waals surface area contributed by atoms with Crippen molar-refractivity contribution in [3.05, 3.63) is 29.8 Å². The van der Waals surface area contributed by atoms with Gasteiger partial charge < -0.3 is 9.84 Å². The van der Waals surface area contributed by atoms with E-state index in [1.807, 2.05) is 6.92 Å². The van der Waals surface area contributed by atoms with Crippen molar-refractivity contribution in [3.63, 3.8) is 0 Å². The number of carbonyl (C=O) groups excluding carboxylic acids is 1. The highest BCUT2D eigenvalue weighted by molar-refractivity contribution is 5.74. The highest BCUT2D eigenvalue weighted by Gasteiger charge is 2.43. The maximum Gasteiger partial charge on any atom is 0.312 e. The molecule has 0 aliphatic heterocycles. The molecule has 0 spiro atoms. The van der Waals surface area contributed by atoms with Crippen LogP contribution in [0.1, 0.15) is 45.7 Å². The van der Waals surface area contributed by atoms with E-state index in [1.54, 1.807) is 13.8 Å². The largest absolute Gasteiger partial charge is 0.466 e. The molecular weight excluding hydrogens is 261 g/mol. The van der Waals surface area contributed by atoms with Crippen LogP contribution in [0.2, 0.25) is 0 Å². The Bertz CT molecular complexity index is 435. The van der Waals surface area contributed by atoms with Crippen molar-refractivity contribution in [2.45, 2.75) is 45.6 Å². The number of esters is 1. The molecule has 0 aliphatic rings. The van der Waals surface area contributed by atoms with Crippen LogP contribution in [0.3, 0.4) is 0 Å². The summed E-state index contributed by atoms with van der Waals surface area (Å²) in [6, 6.07) is 2.65. The minimum absolute atomic E-state index is 0.260. The van der Waals surface area contributed by atoms with Gasteiger partial charge in [0.25, 0.3) is 0 Å². The van der Waals surface area contributed by atoms with E-state index in [-0.39, 0.29) is 6.61 Å². The fourth-order valence-corrected chi connectivity index (χ4v) is 2.32. The van der Waals surface area contributed by atoms with Gasteiger partial charge in [0.15, 0.2) is 0 Å². The van der Waals surface area contributed by atoms with Crippen LogP contribution in [0.4, 0.5) is 4.39 Å². The predicted octanol–water partition coefficient (Wildman–Crippen LogP) is 2.80. The van der Waals surface area contributed by atoms with Crippen LogP contribution >= 0.6 is 0 Å². The number of carbonyl (C=O) groups is 1. The Morgan fingerprint density at radius 2 is 2.15 bits per heavy atom. The maximum atomic E-state index is 13.0. The summed E-state index contributed by atoms with van der Waals surface area (Å²) in [6.07, 6.45) is 2.56. The number of aromatic nitrogens is 1. The van der Waals surface area contributed by atoms with E-state index in [0.29, 0.717) is 18.5 Å². The molecule has 112 valence electrons. The summed E-state index contributed by atoms with van der Waals surface area (Å²) in [7, 11) is 0. The summed E-state index contributed by atoms with van der Waals surface area (Å²) in [4.78, 5) is 16.0. The van der Waals surface area contributed by atoms with Crippen molar-refractivity contribution in [3.8, 4) is 0 Å². The molecular formula is C15H22FNO3. The lowest BCUT2D eigenvalue weighted by molar-refractivity contribution is -0.161. The average Bonchev–Trinajstić information content (AvgIpc) is 2.45. The second kappa shape index (κ2) is 7.33. The molecule has 5 heteroatoms. The van der Waals surface area contributed by atoms with E-state index < -0.39 is 23.3 Å². The number of halogens is 1. The third-order valence-electron chi connectivity index (χ3n) is 3.43. The van der Waals surface area contributed by atoms with Crippen LogP contribution in [0.15, 0.2) is 18.3 Å². The molecule has 1 aromatic rings. The first kappa shape index (κ1) is 16.6. The zero-order chi connectivity index (χ0) is 15.2. The van der Waals surface area contributed by atoms with Crippen molar-refractivity contribution in [2.24, 2.45) is 5.92 Å². The molecule has 0 amide bonds. The zero-order valence-corrected chi connectivity index (χ0v) is 12.2. The zero-order valence-electron chi connectivity index (χ0n) is 12.2. The lowest BCUT2D eigenvalue weighted by Crippen LogP contribution is -2.41. The molecule has 4 nitrogen and oxygen atoms in total. The topological polar surface area (TPSA) is 59.4 Å². The number of rotatable bonds is 7. The highest BCUT2D eigenvalue weighted by atomic mass is 19.1. The molecule has 2 atom stereocenters. The Morgan fingerprint density at radius 1 is 1.45 bits per heavy atom. The Labute approximate surface area is 119 Å². The quantitative estimate of drug-likeness (QED) is 0.782. The smallest absolute Gasteiger partial charge is 0.312 e. The van der Waals surface area contributed by atoms with Crippen LogP contribution in [-0.2, 0) is 15.1 Å². The maximum absolute atomic E-state index is 13.0. The van der Waals surface area contributed by atoms with E-state index in [1.165, 1.54) is 12.1 Å². The average molecular weight is 283 g/mol. The van der Waals surface area contributed by atoms with Crippen LogP contribution in [0.25, 0.3) is 0 Å². The molecule has 20 heavy (non-hydrogen) atoms. The minimum atomic E-state index is -1.43. The minimum Gasteiger partial charge on any atom is -0.466 e. The first-order valence-corrected chi connectivity index (χ1v) is 7.00. The highest BCUT2D eigenvalue weighted by Crippen LogP contribution is 2.35. The molecule has 1 aromatic heterocycles. The molecule has 0 aliphatic carbocycles. The van der Waals surface area contributed by atoms with Gasteiger partial charge in [-0.15, -0.1) is 0 Å². The number of nitrogens with zero attached hydrogens (tertiary/aromatic N) is 1. The van der Waals surface area contributed by atoms with Crippen molar-refractivity contribution in [1.82, 2.24) is 4.98 Å². The van der Waals surface area contributed by atoms with Gasteiger partial charge in [-0.1, -0.05) is 20.3 Å². The van der Waals surface area contributed by atoms with Gasteiger partial charge in [-0.2, -0.15) is 0 Å². The number of hydrogen-bond acceptors (Lipinski definition) is 4. The standard InChI is InChI=1S/C15H22FNO3/c1-4-7-12(14(18)20-6-3)15(19,5-2)13-9-8-11(16)10-17-13/h8-10,12,19H,4-7H2,1-3H3. The molecule has 0 bridgehead atoms. The lowest BCUT2D eigenvalue weighted by Gasteiger charge is -2.33. The molecule has 1 rings (SSSR count). The molecule has 0 fully saturated rings. The third-order valence-corrected chi connectivity index (χ3v) is 3.43. The molecule has 1 N–H and O–H groups in total. The van der Waals surface area contributed by atoms with E-state index >= 15 is 0 Å². The van der Waals surface area contributed by atoms with E-state index in [9.17, 15) is 14.3 Å². The van der Waals surface area contributed by atoms with Crippen LogP contribution in [0.5, 0.6) is 0 Å². The fourth-order valence-electron chi connectivity index (χ4n) is 2.32. The molecule has 2 unspecified atom stereocenters. The van der Waals surface area contributed by atoms with Gasteiger partial charge in [-0.25, -0.2) is 4.39 Å². The second-order valence-electron chi connectivity index (χ2n) is 4.73. The van der Waals surface area contributed by atoms with Gasteiger partial charge in [-0.3, -0.25) is 9.78 Å². The Hall–Kier alpha value is -1.49. The first-order valence-electron chi connectivity index (χ1n) is 7.00. The monoisotopic (exact) mass is 283 g/mol. The fraction of sp³-hybridized carbons (Fsp3) is 0.600. The summed E-state index contributed by atoms with van der Waals surface area (Å²) in [5.74, 6) is -1.62. The predicted molar refractivity (Wildman–Crippen MR) is 73.4 cm³/mol. The summed E-state index contributed by atoms with van der Waals surface area (Å²) >= 11 is 0. The molecule has 1 heterocycles. The van der Waals surface area contributed by atoms with Crippen molar-refractivity contribution in [1.29, 1.82) is 0 Å². The van der Waals surface area contributed by atoms with E-state index in [2.05, 4.69) is 4.98 Å². The molecule has 0 radical (unpaired) electrons. The van der Waals surface area contributed by atoms with Crippen LogP contribution in [0, 0.1) is 11.7 Å². The van der Waals surface area contributed by atoms with Gasteiger partial charge in [0.2, 0.25) is 0 Å². The number of hydrogen-bond donors (Lipinski definition) is 1. The van der Waals surface area contributed by atoms with Gasteiger partial charge in [0.1, 0.15) is 11.4 Å². The Kier molecular flexibility index (Phi) is 6.07. The van der Waals surface area contributed by atoms with Gasteiger partial charge in [0, 0.05) is 0 Å². The Morgan fingerprint density at radius 3 is 2.60 bits per heavy atom. The number of ether oxygens (including phenoxy) is 1. The summed E-state index contributed by atoms with van der Waals surface area (Å²) in [5, 5.41) is 10.9. The molecule has 0 saturated heterocycles. The van der Waals surface area contributed by atoms with Gasteiger partial charge in [0.05, 0.1) is 24.4 Å². The van der Waals surface area contributed by atoms with E-state index in [4.69, 9.17) is 4.74 Å². The van der Waals surface area contributed by atoms with Crippen LogP contribution < -0.4 is 0 Å². The lowest BCUT2D eigenvalue weighted by atomic mass is 9.79.